The summed E-state index contributed by atoms with van der Waals surface area (Å²) >= 11 is 5.85. The molecule has 4 heteroatoms. The number of benzene rings is 2. The highest BCUT2D eigenvalue weighted by Crippen LogP contribution is 2.20. The van der Waals surface area contributed by atoms with Crippen LogP contribution >= 0.6 is 11.6 Å². The Labute approximate surface area is 129 Å². The summed E-state index contributed by atoms with van der Waals surface area (Å²) in [6.07, 6.45) is 0.213. The van der Waals surface area contributed by atoms with Gasteiger partial charge >= 0.3 is 5.97 Å². The van der Waals surface area contributed by atoms with E-state index in [2.05, 4.69) is 0 Å². The molecule has 0 atom stereocenters. The van der Waals surface area contributed by atoms with E-state index in [0.29, 0.717) is 24.0 Å². The van der Waals surface area contributed by atoms with Gasteiger partial charge in [-0.1, -0.05) is 41.9 Å². The third kappa shape index (κ3) is 4.80. The van der Waals surface area contributed by atoms with Gasteiger partial charge in [0.25, 0.3) is 0 Å². The Bertz CT molecular complexity index is 593. The number of hydrogen-bond donors (Lipinski definition) is 0. The van der Waals surface area contributed by atoms with Gasteiger partial charge < -0.3 is 9.47 Å². The van der Waals surface area contributed by atoms with Gasteiger partial charge in [-0.15, -0.1) is 0 Å². The topological polar surface area (TPSA) is 35.5 Å². The number of para-hydroxylation sites is 1. The molecule has 2 rings (SSSR count). The van der Waals surface area contributed by atoms with Gasteiger partial charge in [0.2, 0.25) is 0 Å². The Morgan fingerprint density at radius 1 is 1.10 bits per heavy atom. The van der Waals surface area contributed by atoms with Crippen molar-refractivity contribution < 1.29 is 14.3 Å². The number of carbonyl (C=O) groups is 1. The first-order valence-electron chi connectivity index (χ1n) is 6.80. The molecule has 0 amide bonds. The number of hydrogen-bond acceptors (Lipinski definition) is 3. The van der Waals surface area contributed by atoms with Crippen LogP contribution in [0.2, 0.25) is 5.02 Å². The zero-order chi connectivity index (χ0) is 15.1. The summed E-state index contributed by atoms with van der Waals surface area (Å²) < 4.78 is 10.8. The molecule has 2 aromatic rings. The van der Waals surface area contributed by atoms with E-state index >= 15 is 0 Å². The minimum Gasteiger partial charge on any atom is -0.489 e. The lowest BCUT2D eigenvalue weighted by Gasteiger charge is -2.11. The zero-order valence-electron chi connectivity index (χ0n) is 11.8. The van der Waals surface area contributed by atoms with Crippen molar-refractivity contribution in [2.24, 2.45) is 0 Å². The fraction of sp³-hybridized carbons (Fsp3) is 0.235. The maximum atomic E-state index is 11.6. The van der Waals surface area contributed by atoms with Crippen molar-refractivity contribution in [3.63, 3.8) is 0 Å². The predicted molar refractivity (Wildman–Crippen MR) is 82.6 cm³/mol. The molecule has 0 aliphatic carbocycles. The van der Waals surface area contributed by atoms with Crippen LogP contribution in [-0.2, 0) is 22.6 Å². The molecule has 0 aromatic heterocycles. The van der Waals surface area contributed by atoms with Crippen molar-refractivity contribution in [3.05, 3.63) is 64.7 Å². The van der Waals surface area contributed by atoms with Crippen LogP contribution in [0.15, 0.2) is 48.5 Å². The van der Waals surface area contributed by atoms with Crippen LogP contribution < -0.4 is 4.74 Å². The molecule has 0 saturated carbocycles. The van der Waals surface area contributed by atoms with Gasteiger partial charge in [0.15, 0.2) is 0 Å². The lowest BCUT2D eigenvalue weighted by atomic mass is 10.1. The lowest BCUT2D eigenvalue weighted by molar-refractivity contribution is -0.142. The minimum absolute atomic E-state index is 0.213. The molecule has 0 N–H and O–H groups in total. The molecule has 0 aliphatic heterocycles. The van der Waals surface area contributed by atoms with E-state index in [9.17, 15) is 4.79 Å². The molecule has 0 unspecified atom stereocenters. The van der Waals surface area contributed by atoms with Gasteiger partial charge in [-0.3, -0.25) is 4.79 Å². The summed E-state index contributed by atoms with van der Waals surface area (Å²) in [5.74, 6) is 0.445. The third-order valence-electron chi connectivity index (χ3n) is 2.92. The first kappa shape index (κ1) is 15.4. The van der Waals surface area contributed by atoms with E-state index in [-0.39, 0.29) is 12.4 Å². The van der Waals surface area contributed by atoms with Crippen LogP contribution in [0.5, 0.6) is 5.75 Å². The van der Waals surface area contributed by atoms with E-state index in [4.69, 9.17) is 21.1 Å². The summed E-state index contributed by atoms with van der Waals surface area (Å²) in [5, 5.41) is 0.696. The fourth-order valence-corrected chi connectivity index (χ4v) is 2.03. The standard InChI is InChI=1S/C17H17ClO3/c1-2-20-17(19)11-14-5-3-4-6-16(14)21-12-13-7-9-15(18)10-8-13/h3-10H,2,11-12H2,1H3. The van der Waals surface area contributed by atoms with Gasteiger partial charge in [0, 0.05) is 10.6 Å². The molecule has 0 aliphatic rings. The average molecular weight is 305 g/mol. The van der Waals surface area contributed by atoms with E-state index in [1.165, 1.54) is 0 Å². The summed E-state index contributed by atoms with van der Waals surface area (Å²) in [4.78, 5) is 11.6. The van der Waals surface area contributed by atoms with Crippen LogP contribution in [0.1, 0.15) is 18.1 Å². The molecule has 0 fully saturated rings. The first-order chi connectivity index (χ1) is 10.2. The zero-order valence-corrected chi connectivity index (χ0v) is 12.6. The first-order valence-corrected chi connectivity index (χ1v) is 7.17. The molecule has 110 valence electrons. The van der Waals surface area contributed by atoms with Gasteiger partial charge in [0.1, 0.15) is 12.4 Å². The van der Waals surface area contributed by atoms with Crippen LogP contribution in [0.3, 0.4) is 0 Å². The van der Waals surface area contributed by atoms with Crippen molar-refractivity contribution in [1.29, 1.82) is 0 Å². The highest BCUT2D eigenvalue weighted by molar-refractivity contribution is 6.30. The Kier molecular flexibility index (Phi) is 5.64. The van der Waals surface area contributed by atoms with Gasteiger partial charge in [-0.25, -0.2) is 0 Å². The van der Waals surface area contributed by atoms with E-state index < -0.39 is 0 Å². The second-order valence-corrected chi connectivity index (χ2v) is 4.94. The molecule has 0 saturated heterocycles. The van der Waals surface area contributed by atoms with Crippen molar-refractivity contribution >= 4 is 17.6 Å². The SMILES string of the molecule is CCOC(=O)Cc1ccccc1OCc1ccc(Cl)cc1. The van der Waals surface area contributed by atoms with Crippen LogP contribution in [0.25, 0.3) is 0 Å². The van der Waals surface area contributed by atoms with Gasteiger partial charge in [0.05, 0.1) is 13.0 Å². The molecular weight excluding hydrogens is 288 g/mol. The average Bonchev–Trinajstić information content (AvgIpc) is 2.48. The second-order valence-electron chi connectivity index (χ2n) is 4.50. The molecule has 0 spiro atoms. The van der Waals surface area contributed by atoms with Crippen LogP contribution in [0, 0.1) is 0 Å². The number of rotatable bonds is 6. The molecule has 0 heterocycles. The van der Waals surface area contributed by atoms with E-state index in [1.54, 1.807) is 6.92 Å². The number of ether oxygens (including phenoxy) is 2. The monoisotopic (exact) mass is 304 g/mol. The fourth-order valence-electron chi connectivity index (χ4n) is 1.90. The smallest absolute Gasteiger partial charge is 0.310 e. The quantitative estimate of drug-likeness (QED) is 0.756. The maximum Gasteiger partial charge on any atom is 0.310 e. The minimum atomic E-state index is -0.250. The summed E-state index contributed by atoms with van der Waals surface area (Å²) in [6, 6.07) is 15.0. The van der Waals surface area contributed by atoms with Crippen LogP contribution in [-0.4, -0.2) is 12.6 Å². The van der Waals surface area contributed by atoms with Crippen molar-refractivity contribution in [3.8, 4) is 5.75 Å². The highest BCUT2D eigenvalue weighted by atomic mass is 35.5. The Hall–Kier alpha value is -2.00. The molecule has 0 bridgehead atoms. The van der Waals surface area contributed by atoms with Crippen LogP contribution in [0.4, 0.5) is 0 Å². The molecule has 21 heavy (non-hydrogen) atoms. The predicted octanol–water partition coefficient (Wildman–Crippen LogP) is 4.02. The molecular formula is C17H17ClO3. The highest BCUT2D eigenvalue weighted by Gasteiger charge is 2.09. The largest absolute Gasteiger partial charge is 0.489 e. The summed E-state index contributed by atoms with van der Waals surface area (Å²) in [6.45, 7) is 2.60. The molecule has 0 radical (unpaired) electrons. The van der Waals surface area contributed by atoms with Crippen molar-refractivity contribution in [2.75, 3.05) is 6.61 Å². The van der Waals surface area contributed by atoms with E-state index in [0.717, 1.165) is 11.1 Å². The Balaban J connectivity index is 2.02. The summed E-state index contributed by atoms with van der Waals surface area (Å²) in [5.41, 5.74) is 1.84. The number of esters is 1. The van der Waals surface area contributed by atoms with Crippen molar-refractivity contribution in [1.82, 2.24) is 0 Å². The Morgan fingerprint density at radius 3 is 2.52 bits per heavy atom. The van der Waals surface area contributed by atoms with Gasteiger partial charge in [-0.2, -0.15) is 0 Å². The normalized spacial score (nSPS) is 10.2. The van der Waals surface area contributed by atoms with Gasteiger partial charge in [-0.05, 0) is 30.7 Å². The lowest BCUT2D eigenvalue weighted by Crippen LogP contribution is -2.09. The Morgan fingerprint density at radius 2 is 1.81 bits per heavy atom. The number of carbonyl (C=O) groups excluding carboxylic acids is 1. The third-order valence-corrected chi connectivity index (χ3v) is 3.17. The summed E-state index contributed by atoms with van der Waals surface area (Å²) in [7, 11) is 0. The van der Waals surface area contributed by atoms with Crippen molar-refractivity contribution in [2.45, 2.75) is 20.0 Å². The molecule has 3 nitrogen and oxygen atoms in total. The molecule has 2 aromatic carbocycles. The van der Waals surface area contributed by atoms with E-state index in [1.807, 2.05) is 48.5 Å². The maximum absolute atomic E-state index is 11.6. The second kappa shape index (κ2) is 7.70. The number of halogens is 1.